The van der Waals surface area contributed by atoms with Crippen LogP contribution in [0.4, 0.5) is 0 Å². The molecule has 1 radical (unpaired) electrons. The van der Waals surface area contributed by atoms with E-state index in [-0.39, 0.29) is 0 Å². The lowest BCUT2D eigenvalue weighted by Gasteiger charge is -1.88. The molecule has 0 unspecified atom stereocenters. The van der Waals surface area contributed by atoms with Gasteiger partial charge in [0.2, 0.25) is 0 Å². The molecule has 2 heteroatoms. The molecule has 0 saturated carbocycles. The van der Waals surface area contributed by atoms with Gasteiger partial charge in [0.05, 0.1) is 10.3 Å². The van der Waals surface area contributed by atoms with E-state index in [1.807, 2.05) is 23.6 Å². The van der Waals surface area contributed by atoms with Gasteiger partial charge in [0.25, 0.3) is 0 Å². The quantitative estimate of drug-likeness (QED) is 0.578. The zero-order valence-corrected chi connectivity index (χ0v) is 6.48. The van der Waals surface area contributed by atoms with Gasteiger partial charge in [0.1, 0.15) is 6.07 Å². The van der Waals surface area contributed by atoms with Crippen LogP contribution in [0.25, 0.3) is 10.1 Å². The fourth-order valence-electron chi connectivity index (χ4n) is 1.02. The summed E-state index contributed by atoms with van der Waals surface area (Å²) in [7, 11) is 0. The molecule has 0 amide bonds. The smallest absolute Gasteiger partial charge is 0.101 e. The first-order valence-corrected chi connectivity index (χ1v) is 4.08. The molecule has 51 valence electrons. The first kappa shape index (κ1) is 6.38. The lowest BCUT2D eigenvalue weighted by molar-refractivity contribution is 1.51. The maximum atomic E-state index is 8.70. The summed E-state index contributed by atoms with van der Waals surface area (Å²) >= 11 is 1.56. The molecule has 0 bridgehead atoms. The van der Waals surface area contributed by atoms with E-state index in [0.29, 0.717) is 0 Å². The third kappa shape index (κ3) is 0.903. The summed E-state index contributed by atoms with van der Waals surface area (Å²) in [6.07, 6.45) is 0. The number of thiophene rings is 1. The van der Waals surface area contributed by atoms with Crippen molar-refractivity contribution in [2.45, 2.75) is 0 Å². The van der Waals surface area contributed by atoms with Crippen molar-refractivity contribution in [1.82, 2.24) is 0 Å². The van der Waals surface area contributed by atoms with Crippen molar-refractivity contribution in [3.8, 4) is 6.07 Å². The molecule has 0 atom stereocenters. The average molecular weight is 158 g/mol. The van der Waals surface area contributed by atoms with E-state index in [4.69, 9.17) is 5.26 Å². The number of hydrogen-bond acceptors (Lipinski definition) is 2. The predicted molar refractivity (Wildman–Crippen MR) is 45.4 cm³/mol. The Balaban J connectivity index is 2.92. The first-order chi connectivity index (χ1) is 5.42. The predicted octanol–water partition coefficient (Wildman–Crippen LogP) is 2.57. The fourth-order valence-corrected chi connectivity index (χ4v) is 1.82. The molecule has 0 aliphatic carbocycles. The Kier molecular flexibility index (Phi) is 1.38. The highest BCUT2D eigenvalue weighted by atomic mass is 32.1. The van der Waals surface area contributed by atoms with Crippen LogP contribution in [-0.2, 0) is 0 Å². The van der Waals surface area contributed by atoms with Gasteiger partial charge in [-0.3, -0.25) is 0 Å². The Hall–Kier alpha value is -1.33. The van der Waals surface area contributed by atoms with Crippen molar-refractivity contribution >= 4 is 21.4 Å². The van der Waals surface area contributed by atoms with Crippen LogP contribution in [0.2, 0.25) is 0 Å². The second-order valence-corrected chi connectivity index (χ2v) is 3.05. The van der Waals surface area contributed by atoms with Gasteiger partial charge >= 0.3 is 0 Å². The van der Waals surface area contributed by atoms with Crippen molar-refractivity contribution in [3.05, 3.63) is 35.2 Å². The third-order valence-corrected chi connectivity index (χ3v) is 2.44. The Labute approximate surface area is 68.5 Å². The number of nitrogens with zero attached hydrogens (tertiary/aromatic N) is 1. The van der Waals surface area contributed by atoms with Crippen LogP contribution in [0.3, 0.4) is 0 Å². The zero-order valence-electron chi connectivity index (χ0n) is 5.66. The highest BCUT2D eigenvalue weighted by Gasteiger charge is 1.99. The van der Waals surface area contributed by atoms with Crippen LogP contribution >= 0.6 is 11.3 Å². The molecular formula is C9H4NS. The summed E-state index contributed by atoms with van der Waals surface area (Å²) in [6, 6.07) is 10.9. The summed E-state index contributed by atoms with van der Waals surface area (Å²) in [5.41, 5.74) is 0.744. The molecule has 0 aliphatic heterocycles. The van der Waals surface area contributed by atoms with Crippen molar-refractivity contribution in [1.29, 1.82) is 5.26 Å². The number of nitriles is 1. The molecule has 11 heavy (non-hydrogen) atoms. The Morgan fingerprint density at radius 3 is 3.18 bits per heavy atom. The van der Waals surface area contributed by atoms with Crippen molar-refractivity contribution in [3.63, 3.8) is 0 Å². The number of hydrogen-bond donors (Lipinski definition) is 0. The zero-order chi connectivity index (χ0) is 7.68. The van der Waals surface area contributed by atoms with E-state index in [2.05, 4.69) is 12.1 Å². The van der Waals surface area contributed by atoms with Crippen LogP contribution < -0.4 is 0 Å². The molecule has 0 aliphatic rings. The van der Waals surface area contributed by atoms with Gasteiger partial charge in [-0.2, -0.15) is 5.26 Å². The van der Waals surface area contributed by atoms with Crippen molar-refractivity contribution in [2.75, 3.05) is 0 Å². The van der Waals surface area contributed by atoms with E-state index < -0.39 is 0 Å². The molecule has 1 heterocycles. The lowest BCUT2D eigenvalue weighted by atomic mass is 10.2. The van der Waals surface area contributed by atoms with Crippen molar-refractivity contribution < 1.29 is 0 Å². The molecule has 2 rings (SSSR count). The van der Waals surface area contributed by atoms with Gasteiger partial charge in [-0.25, -0.2) is 0 Å². The molecule has 0 saturated heterocycles. The molecule has 0 N–H and O–H groups in total. The van der Waals surface area contributed by atoms with Gasteiger partial charge in [-0.1, -0.05) is 12.1 Å². The minimum absolute atomic E-state index is 0.744. The third-order valence-electron chi connectivity index (χ3n) is 1.53. The number of benzene rings is 1. The minimum Gasteiger partial charge on any atom is -0.192 e. The normalized spacial score (nSPS) is 9.73. The fraction of sp³-hybridized carbons (Fsp3) is 0. The summed E-state index contributed by atoms with van der Waals surface area (Å²) in [5.74, 6) is 0. The Morgan fingerprint density at radius 1 is 1.45 bits per heavy atom. The summed E-state index contributed by atoms with van der Waals surface area (Å²) in [4.78, 5) is 0. The molecule has 1 aromatic carbocycles. The van der Waals surface area contributed by atoms with Gasteiger partial charge in [-0.05, 0) is 11.4 Å². The monoisotopic (exact) mass is 158 g/mol. The Bertz CT molecular complexity index is 422. The first-order valence-electron chi connectivity index (χ1n) is 3.20. The molecule has 0 fully saturated rings. The maximum Gasteiger partial charge on any atom is 0.101 e. The van der Waals surface area contributed by atoms with Crippen LogP contribution in [0, 0.1) is 17.4 Å². The molecule has 1 nitrogen and oxygen atoms in total. The second-order valence-electron chi connectivity index (χ2n) is 2.17. The topological polar surface area (TPSA) is 23.8 Å². The largest absolute Gasteiger partial charge is 0.192 e. The number of rotatable bonds is 0. The van der Waals surface area contributed by atoms with E-state index in [9.17, 15) is 0 Å². The highest BCUT2D eigenvalue weighted by Crippen LogP contribution is 2.22. The lowest BCUT2D eigenvalue weighted by Crippen LogP contribution is -1.70. The van der Waals surface area contributed by atoms with Gasteiger partial charge in [0.15, 0.2) is 0 Å². The van der Waals surface area contributed by atoms with Crippen LogP contribution in [0.5, 0.6) is 0 Å². The highest BCUT2D eigenvalue weighted by molar-refractivity contribution is 7.17. The summed E-state index contributed by atoms with van der Waals surface area (Å²) in [6.45, 7) is 0. The van der Waals surface area contributed by atoms with E-state index in [1.165, 1.54) is 0 Å². The van der Waals surface area contributed by atoms with Gasteiger partial charge < -0.3 is 0 Å². The van der Waals surface area contributed by atoms with E-state index in [1.54, 1.807) is 11.3 Å². The maximum absolute atomic E-state index is 8.70. The molecule has 0 spiro atoms. The van der Waals surface area contributed by atoms with Crippen molar-refractivity contribution in [2.24, 2.45) is 0 Å². The molecule has 2 aromatic rings. The average Bonchev–Trinajstić information content (AvgIpc) is 2.50. The molecule has 1 aromatic heterocycles. The van der Waals surface area contributed by atoms with Gasteiger partial charge in [-0.15, -0.1) is 11.3 Å². The summed E-state index contributed by atoms with van der Waals surface area (Å²) < 4.78 is 1.04. The van der Waals surface area contributed by atoms with E-state index in [0.717, 1.165) is 15.6 Å². The van der Waals surface area contributed by atoms with Crippen LogP contribution in [-0.4, -0.2) is 0 Å². The molecular weight excluding hydrogens is 154 g/mol. The SMILES string of the molecule is N#Cc1cccc2[c]csc12. The standard InChI is InChI=1S/C9H4NS/c10-6-8-3-1-2-7-4-5-11-9(7)8/h1-3,5H. The van der Waals surface area contributed by atoms with Crippen LogP contribution in [0.1, 0.15) is 5.56 Å². The Morgan fingerprint density at radius 2 is 2.36 bits per heavy atom. The summed E-state index contributed by atoms with van der Waals surface area (Å²) in [5, 5.41) is 11.6. The van der Waals surface area contributed by atoms with Gasteiger partial charge in [0, 0.05) is 11.5 Å². The minimum atomic E-state index is 0.744. The van der Waals surface area contributed by atoms with E-state index >= 15 is 0 Å². The number of fused-ring (bicyclic) bond motifs is 1. The second kappa shape index (κ2) is 2.37. The van der Waals surface area contributed by atoms with Crippen LogP contribution in [0.15, 0.2) is 23.6 Å².